The van der Waals surface area contributed by atoms with Gasteiger partial charge in [0.2, 0.25) is 0 Å². The van der Waals surface area contributed by atoms with Gasteiger partial charge in [-0.3, -0.25) is 9.48 Å². The average Bonchev–Trinajstić information content (AvgIpc) is 3.33. The Labute approximate surface area is 184 Å². The number of anilines is 2. The van der Waals surface area contributed by atoms with E-state index in [1.165, 1.54) is 16.9 Å². The molecule has 0 saturated carbocycles. The van der Waals surface area contributed by atoms with E-state index >= 15 is 0 Å². The van der Waals surface area contributed by atoms with Crippen LogP contribution in [0.25, 0.3) is 0 Å². The summed E-state index contributed by atoms with van der Waals surface area (Å²) in [5.74, 6) is -2.56. The number of amides is 1. The van der Waals surface area contributed by atoms with E-state index in [1.54, 1.807) is 6.92 Å². The number of carbonyl (C=O) groups excluding carboxylic acids is 1. The second kappa shape index (κ2) is 7.95. The van der Waals surface area contributed by atoms with Crippen LogP contribution in [0.15, 0.2) is 18.3 Å². The van der Waals surface area contributed by atoms with Crippen molar-refractivity contribution < 1.29 is 18.3 Å². The molecule has 32 heavy (non-hydrogen) atoms. The quantitative estimate of drug-likeness (QED) is 0.746. The third kappa shape index (κ3) is 4.01. The van der Waals surface area contributed by atoms with E-state index in [9.17, 15) is 13.6 Å². The number of aromatic nitrogens is 4. The third-order valence-corrected chi connectivity index (χ3v) is 6.62. The van der Waals surface area contributed by atoms with E-state index < -0.39 is 11.8 Å². The zero-order valence-electron chi connectivity index (χ0n) is 18.0. The van der Waals surface area contributed by atoms with Gasteiger partial charge in [-0.15, -0.1) is 10.2 Å². The van der Waals surface area contributed by atoms with Gasteiger partial charge in [0.05, 0.1) is 24.4 Å². The summed E-state index contributed by atoms with van der Waals surface area (Å²) in [5, 5.41) is 13.1. The van der Waals surface area contributed by atoms with E-state index in [0.717, 1.165) is 31.6 Å². The summed E-state index contributed by atoms with van der Waals surface area (Å²) >= 11 is 0. The summed E-state index contributed by atoms with van der Waals surface area (Å²) in [5.41, 5.74) is 7.01. The molecule has 3 aliphatic rings. The van der Waals surface area contributed by atoms with E-state index in [2.05, 4.69) is 20.2 Å². The number of halogens is 2. The highest BCUT2D eigenvalue weighted by molar-refractivity contribution is 5.90. The van der Waals surface area contributed by atoms with Gasteiger partial charge in [0, 0.05) is 50.8 Å². The van der Waals surface area contributed by atoms with Crippen LogP contribution in [0.2, 0.25) is 0 Å². The molecule has 11 heteroatoms. The Balaban J connectivity index is 1.49. The van der Waals surface area contributed by atoms with Crippen molar-refractivity contribution in [2.24, 2.45) is 5.73 Å². The molecule has 1 amide bonds. The van der Waals surface area contributed by atoms with E-state index in [-0.39, 0.29) is 49.9 Å². The molecule has 3 unspecified atom stereocenters. The van der Waals surface area contributed by atoms with Gasteiger partial charge in [-0.2, -0.15) is 5.10 Å². The van der Waals surface area contributed by atoms with Crippen molar-refractivity contribution in [2.75, 3.05) is 29.4 Å². The molecular weight excluding hydrogens is 420 g/mol. The van der Waals surface area contributed by atoms with Crippen LogP contribution < -0.4 is 15.5 Å². The lowest BCUT2D eigenvalue weighted by Crippen LogP contribution is -2.46. The second-order valence-corrected chi connectivity index (χ2v) is 8.99. The molecule has 3 aliphatic heterocycles. The largest absolute Gasteiger partial charge is 0.371 e. The predicted molar refractivity (Wildman–Crippen MR) is 113 cm³/mol. The maximum absolute atomic E-state index is 14.0. The molecule has 5 heterocycles. The van der Waals surface area contributed by atoms with Crippen LogP contribution in [0.1, 0.15) is 48.8 Å². The summed E-state index contributed by atoms with van der Waals surface area (Å²) in [6.45, 7) is 3.66. The van der Waals surface area contributed by atoms with Crippen LogP contribution in [-0.2, 0) is 11.3 Å². The Hall–Kier alpha value is -2.82. The molecule has 2 N–H and O–H groups in total. The van der Waals surface area contributed by atoms with Crippen LogP contribution in [0.3, 0.4) is 0 Å². The number of morpholine rings is 1. The molecule has 3 fully saturated rings. The first-order valence-corrected chi connectivity index (χ1v) is 11.0. The zero-order valence-corrected chi connectivity index (χ0v) is 18.0. The normalized spacial score (nSPS) is 27.0. The standard InChI is InChI=1S/C21H27F2N7O2/c1-13-9-21(22,23)5-7-29(13)18-8-19(28-10-14-2-3-15(11-28)32-14)27-26-16(18)12-30-17(20(24)31)4-6-25-30/h4,6,8,13-15H,2-3,5,7,9-12H2,1H3,(H2,24,31). The fraction of sp³-hybridized carbons (Fsp3) is 0.619. The first-order valence-electron chi connectivity index (χ1n) is 11.0. The summed E-state index contributed by atoms with van der Waals surface area (Å²) in [6.07, 6.45) is 3.50. The van der Waals surface area contributed by atoms with Crippen LogP contribution >= 0.6 is 0 Å². The van der Waals surface area contributed by atoms with E-state index in [0.29, 0.717) is 11.5 Å². The van der Waals surface area contributed by atoms with Gasteiger partial charge in [0.15, 0.2) is 5.82 Å². The van der Waals surface area contributed by atoms with Gasteiger partial charge in [0.25, 0.3) is 11.8 Å². The van der Waals surface area contributed by atoms with E-state index in [1.807, 2.05) is 11.0 Å². The van der Waals surface area contributed by atoms with Crippen LogP contribution in [0.5, 0.6) is 0 Å². The highest BCUT2D eigenvalue weighted by Gasteiger charge is 2.40. The molecule has 0 aromatic carbocycles. The number of primary amides is 1. The summed E-state index contributed by atoms with van der Waals surface area (Å²) < 4.78 is 35.4. The Bertz CT molecular complexity index is 1000. The Kier molecular flexibility index (Phi) is 5.23. The van der Waals surface area contributed by atoms with Crippen molar-refractivity contribution >= 4 is 17.4 Å². The number of alkyl halides is 2. The van der Waals surface area contributed by atoms with Crippen molar-refractivity contribution in [1.29, 1.82) is 0 Å². The number of rotatable bonds is 5. The van der Waals surface area contributed by atoms with Crippen molar-refractivity contribution in [3.05, 3.63) is 29.7 Å². The van der Waals surface area contributed by atoms with Gasteiger partial charge in [0.1, 0.15) is 11.4 Å². The van der Waals surface area contributed by atoms with Gasteiger partial charge >= 0.3 is 0 Å². The number of fused-ring (bicyclic) bond motifs is 2. The monoisotopic (exact) mass is 447 g/mol. The average molecular weight is 447 g/mol. The zero-order chi connectivity index (χ0) is 22.5. The minimum absolute atomic E-state index is 0.169. The van der Waals surface area contributed by atoms with Crippen LogP contribution in [0.4, 0.5) is 20.3 Å². The number of piperidine rings is 1. The number of hydrogen-bond acceptors (Lipinski definition) is 7. The SMILES string of the molecule is CC1CC(F)(F)CCN1c1cc(N2CC3CCC(C2)O3)nnc1Cn1nccc1C(N)=O. The lowest BCUT2D eigenvalue weighted by molar-refractivity contribution is -0.0319. The number of nitrogens with zero attached hydrogens (tertiary/aromatic N) is 6. The molecule has 9 nitrogen and oxygen atoms in total. The molecule has 2 bridgehead atoms. The Morgan fingerprint density at radius 3 is 2.72 bits per heavy atom. The summed E-state index contributed by atoms with van der Waals surface area (Å²) in [6, 6.07) is 3.10. The second-order valence-electron chi connectivity index (χ2n) is 8.99. The fourth-order valence-corrected chi connectivity index (χ4v) is 5.03. The maximum Gasteiger partial charge on any atom is 0.266 e. The minimum Gasteiger partial charge on any atom is -0.371 e. The predicted octanol–water partition coefficient (Wildman–Crippen LogP) is 1.81. The molecule has 0 radical (unpaired) electrons. The summed E-state index contributed by atoms with van der Waals surface area (Å²) in [7, 11) is 0. The lowest BCUT2D eigenvalue weighted by Gasteiger charge is -2.40. The molecule has 3 atom stereocenters. The number of ether oxygens (including phenoxy) is 1. The first kappa shape index (κ1) is 21.0. The smallest absolute Gasteiger partial charge is 0.266 e. The molecule has 0 aliphatic carbocycles. The van der Waals surface area contributed by atoms with Gasteiger partial charge in [-0.25, -0.2) is 8.78 Å². The lowest BCUT2D eigenvalue weighted by atomic mass is 9.98. The van der Waals surface area contributed by atoms with Gasteiger partial charge in [-0.1, -0.05) is 0 Å². The number of nitrogens with two attached hydrogens (primary N) is 1. The number of hydrogen-bond donors (Lipinski definition) is 1. The fourth-order valence-electron chi connectivity index (χ4n) is 5.03. The highest BCUT2D eigenvalue weighted by atomic mass is 19.3. The van der Waals surface area contributed by atoms with Crippen molar-refractivity contribution in [3.63, 3.8) is 0 Å². The first-order chi connectivity index (χ1) is 15.3. The van der Waals surface area contributed by atoms with Crippen molar-refractivity contribution in [3.8, 4) is 0 Å². The molecular formula is C21H27F2N7O2. The maximum atomic E-state index is 14.0. The number of carbonyl (C=O) groups is 1. The Morgan fingerprint density at radius 2 is 2.03 bits per heavy atom. The molecule has 5 rings (SSSR count). The van der Waals surface area contributed by atoms with Gasteiger partial charge < -0.3 is 20.3 Å². The molecule has 3 saturated heterocycles. The van der Waals surface area contributed by atoms with E-state index in [4.69, 9.17) is 10.5 Å². The third-order valence-electron chi connectivity index (χ3n) is 6.62. The molecule has 0 spiro atoms. The Morgan fingerprint density at radius 1 is 1.28 bits per heavy atom. The van der Waals surface area contributed by atoms with Crippen LogP contribution in [0, 0.1) is 0 Å². The highest BCUT2D eigenvalue weighted by Crippen LogP contribution is 2.37. The molecule has 2 aromatic heterocycles. The topological polar surface area (TPSA) is 102 Å². The minimum atomic E-state index is -2.68. The molecule has 172 valence electrons. The summed E-state index contributed by atoms with van der Waals surface area (Å²) in [4.78, 5) is 15.9. The van der Waals surface area contributed by atoms with Crippen LogP contribution in [-0.4, -0.2) is 69.7 Å². The van der Waals surface area contributed by atoms with Crippen molar-refractivity contribution in [1.82, 2.24) is 20.0 Å². The molecule has 2 aromatic rings. The van der Waals surface area contributed by atoms with Gasteiger partial charge in [-0.05, 0) is 25.8 Å². The van der Waals surface area contributed by atoms with Crippen molar-refractivity contribution in [2.45, 2.75) is 63.3 Å².